The second kappa shape index (κ2) is 13.4. The molecule has 4 atom stereocenters. The summed E-state index contributed by atoms with van der Waals surface area (Å²) in [4.78, 5) is 86.9. The van der Waals surface area contributed by atoms with Crippen LogP contribution in [0.15, 0.2) is 16.4 Å². The molecule has 15 nitrogen and oxygen atoms in total. The number of thioether (sulfide) groups is 1. The van der Waals surface area contributed by atoms with Gasteiger partial charge < -0.3 is 29.2 Å². The minimum absolute atomic E-state index is 0.0760. The van der Waals surface area contributed by atoms with Gasteiger partial charge in [-0.1, -0.05) is 0 Å². The van der Waals surface area contributed by atoms with Crippen LogP contribution < -0.4 is 5.32 Å². The number of halogens is 1. The number of hydrogen-bond acceptors (Lipinski definition) is 13. The predicted octanol–water partition coefficient (Wildman–Crippen LogP) is 0.732. The first-order valence-corrected chi connectivity index (χ1v) is 12.7. The summed E-state index contributed by atoms with van der Waals surface area (Å²) in [5.41, 5.74) is -0.0586. The summed E-state index contributed by atoms with van der Waals surface area (Å²) in [5.74, 6) is -4.46. The van der Waals surface area contributed by atoms with Gasteiger partial charge in [-0.25, -0.2) is 14.4 Å². The second-order valence-corrected chi connectivity index (χ2v) is 9.78. The highest BCUT2D eigenvalue weighted by atomic mass is 35.5. The van der Waals surface area contributed by atoms with Gasteiger partial charge >= 0.3 is 18.2 Å². The van der Waals surface area contributed by atoms with Crippen LogP contribution >= 0.6 is 23.4 Å². The van der Waals surface area contributed by atoms with Crippen molar-refractivity contribution in [2.24, 2.45) is 5.18 Å². The van der Waals surface area contributed by atoms with E-state index in [-0.39, 0.29) is 23.6 Å². The van der Waals surface area contributed by atoms with E-state index in [2.05, 4.69) is 10.5 Å². The summed E-state index contributed by atoms with van der Waals surface area (Å²) in [6, 6.07) is -3.14. The van der Waals surface area contributed by atoms with Crippen molar-refractivity contribution in [2.75, 3.05) is 32.3 Å². The van der Waals surface area contributed by atoms with E-state index < -0.39 is 71.5 Å². The summed E-state index contributed by atoms with van der Waals surface area (Å²) >= 11 is 6.51. The third kappa shape index (κ3) is 7.34. The van der Waals surface area contributed by atoms with E-state index in [0.29, 0.717) is 0 Å². The number of ether oxygens (including phenoxy) is 4. The molecule has 38 heavy (non-hydrogen) atoms. The van der Waals surface area contributed by atoms with Crippen molar-refractivity contribution in [3.8, 4) is 0 Å². The number of Topliss-reactive ketones (excluding diaryl/α,β-unsaturated/α-hetero) is 1. The number of nitrogens with one attached hydrogen (secondary N) is 1. The molecular formula is C21H27ClN4O11S. The van der Waals surface area contributed by atoms with Gasteiger partial charge in [-0.15, -0.1) is 28.3 Å². The van der Waals surface area contributed by atoms with Crippen LogP contribution in [-0.2, 0) is 38.1 Å². The molecule has 2 heterocycles. The fraction of sp³-hybridized carbons (Fsp3) is 0.619. The Morgan fingerprint density at radius 2 is 1.82 bits per heavy atom. The van der Waals surface area contributed by atoms with Gasteiger partial charge in [0.2, 0.25) is 12.3 Å². The maximum absolute atomic E-state index is 13.1. The molecule has 2 rings (SSSR count). The van der Waals surface area contributed by atoms with Gasteiger partial charge in [0.1, 0.15) is 23.7 Å². The number of nitrogens with zero attached hydrogens (tertiary/aromatic N) is 3. The number of amides is 3. The van der Waals surface area contributed by atoms with Crippen LogP contribution in [0.5, 0.6) is 0 Å². The number of fused-ring (bicyclic) bond motifs is 1. The van der Waals surface area contributed by atoms with Gasteiger partial charge in [-0.3, -0.25) is 19.3 Å². The molecule has 0 aromatic rings. The highest BCUT2D eigenvalue weighted by Crippen LogP contribution is 2.41. The third-order valence-electron chi connectivity index (χ3n) is 4.93. The average Bonchev–Trinajstić information content (AvgIpc) is 2.84. The van der Waals surface area contributed by atoms with Crippen LogP contribution in [0.25, 0.3) is 0 Å². The standard InChI is InChI=1S/C21H27ClN4O11S/c1-9(2)35-21(32)37-10(3)36-19(30)15-11(7-34-20(31)25(4)5)8-38-18-14(17(29)26(15)18)23-16(28)13(24-33)12(27)6-22/h9-10,13-14,18H,6-8H2,1-5H3,(H,23,28)/t10?,13?,14?,18-/m0/s1. The molecule has 1 saturated heterocycles. The normalized spacial score (nSPS) is 19.9. The Bertz CT molecular complexity index is 1030. The molecule has 0 spiro atoms. The van der Waals surface area contributed by atoms with Crippen molar-refractivity contribution in [2.45, 2.75) is 50.6 Å². The number of nitroso groups, excluding NO2 is 1. The molecule has 210 valence electrons. The topological polar surface area (TPSA) is 187 Å². The van der Waals surface area contributed by atoms with E-state index in [4.69, 9.17) is 30.5 Å². The molecule has 17 heteroatoms. The first-order chi connectivity index (χ1) is 17.8. The van der Waals surface area contributed by atoms with E-state index in [1.165, 1.54) is 21.0 Å². The number of alkyl halides is 1. The number of hydrogen-bond donors (Lipinski definition) is 1. The van der Waals surface area contributed by atoms with E-state index in [9.17, 15) is 33.7 Å². The molecule has 0 saturated carbocycles. The van der Waals surface area contributed by atoms with Crippen molar-refractivity contribution < 1.29 is 47.7 Å². The fourth-order valence-corrected chi connectivity index (χ4v) is 4.68. The maximum atomic E-state index is 13.1. The number of esters is 1. The molecule has 3 unspecified atom stereocenters. The van der Waals surface area contributed by atoms with Crippen LogP contribution in [0, 0.1) is 4.91 Å². The number of ketones is 1. The van der Waals surface area contributed by atoms with E-state index in [1.807, 2.05) is 0 Å². The summed E-state index contributed by atoms with van der Waals surface area (Å²) in [7, 11) is 2.91. The molecular weight excluding hydrogens is 552 g/mol. The molecule has 0 aromatic carbocycles. The Morgan fingerprint density at radius 3 is 2.37 bits per heavy atom. The lowest BCUT2D eigenvalue weighted by Gasteiger charge is -2.49. The molecule has 1 fully saturated rings. The average molecular weight is 579 g/mol. The quantitative estimate of drug-likeness (QED) is 0.0689. The van der Waals surface area contributed by atoms with Gasteiger partial charge in [0.15, 0.2) is 5.78 Å². The van der Waals surface area contributed by atoms with Crippen LogP contribution in [0.3, 0.4) is 0 Å². The van der Waals surface area contributed by atoms with Crippen molar-refractivity contribution >= 4 is 59.2 Å². The summed E-state index contributed by atoms with van der Waals surface area (Å²) < 4.78 is 20.0. The molecule has 2 aliphatic rings. The van der Waals surface area contributed by atoms with Crippen LogP contribution in [0.1, 0.15) is 20.8 Å². The first kappa shape index (κ1) is 30.8. The second-order valence-electron chi connectivity index (χ2n) is 8.41. The highest BCUT2D eigenvalue weighted by Gasteiger charge is 2.55. The van der Waals surface area contributed by atoms with Gasteiger partial charge in [-0.2, -0.15) is 0 Å². The van der Waals surface area contributed by atoms with E-state index >= 15 is 0 Å². The van der Waals surface area contributed by atoms with Crippen molar-refractivity contribution in [3.05, 3.63) is 16.2 Å². The van der Waals surface area contributed by atoms with Gasteiger partial charge in [0.25, 0.3) is 11.8 Å². The molecule has 0 aromatic heterocycles. The lowest BCUT2D eigenvalue weighted by Crippen LogP contribution is -2.71. The minimum atomic E-state index is -1.94. The van der Waals surface area contributed by atoms with Gasteiger partial charge in [-0.05, 0) is 19.0 Å². The Labute approximate surface area is 226 Å². The minimum Gasteiger partial charge on any atom is -0.445 e. The van der Waals surface area contributed by atoms with Crippen LogP contribution in [-0.4, -0.2) is 108 Å². The SMILES string of the molecule is CC(C)OC(=O)OC(C)OC(=O)C1=C(COC(=O)N(C)C)CS[C@H]2C(NC(=O)C(N=O)C(=O)CCl)C(=O)N12. The molecule has 2 aliphatic heterocycles. The fourth-order valence-electron chi connectivity index (χ4n) is 3.21. The van der Waals surface area contributed by atoms with Crippen molar-refractivity contribution in [1.29, 1.82) is 0 Å². The van der Waals surface area contributed by atoms with Crippen molar-refractivity contribution in [3.63, 3.8) is 0 Å². The lowest BCUT2D eigenvalue weighted by atomic mass is 10.0. The third-order valence-corrected chi connectivity index (χ3v) is 6.53. The number of carbonyl (C=O) groups is 6. The molecule has 0 radical (unpaired) electrons. The monoisotopic (exact) mass is 578 g/mol. The summed E-state index contributed by atoms with van der Waals surface area (Å²) in [6.07, 6.45) is -3.68. The zero-order chi connectivity index (χ0) is 28.7. The van der Waals surface area contributed by atoms with Gasteiger partial charge in [0.05, 0.1) is 12.0 Å². The summed E-state index contributed by atoms with van der Waals surface area (Å²) in [6.45, 7) is 4.07. The zero-order valence-electron chi connectivity index (χ0n) is 21.1. The Hall–Kier alpha value is -3.40. The first-order valence-electron chi connectivity index (χ1n) is 11.1. The molecule has 0 bridgehead atoms. The molecule has 0 aliphatic carbocycles. The Morgan fingerprint density at radius 1 is 1.16 bits per heavy atom. The predicted molar refractivity (Wildman–Crippen MR) is 131 cm³/mol. The highest BCUT2D eigenvalue weighted by molar-refractivity contribution is 8.00. The summed E-state index contributed by atoms with van der Waals surface area (Å²) in [5, 5.41) is 3.92. The van der Waals surface area contributed by atoms with E-state index in [0.717, 1.165) is 21.6 Å². The Balaban J connectivity index is 2.25. The molecule has 1 N–H and O–H groups in total. The van der Waals surface area contributed by atoms with Gasteiger partial charge in [0, 0.05) is 32.3 Å². The maximum Gasteiger partial charge on any atom is 0.511 e. The largest absolute Gasteiger partial charge is 0.511 e. The van der Waals surface area contributed by atoms with E-state index in [1.54, 1.807) is 13.8 Å². The smallest absolute Gasteiger partial charge is 0.445 e. The number of β-lactam (4-membered cyclic amide) rings is 1. The molecule has 3 amide bonds. The van der Waals surface area contributed by atoms with Crippen LogP contribution in [0.4, 0.5) is 9.59 Å². The lowest BCUT2D eigenvalue weighted by molar-refractivity contribution is -0.169. The van der Waals surface area contributed by atoms with Crippen LogP contribution in [0.2, 0.25) is 0 Å². The number of carbonyl (C=O) groups excluding carboxylic acids is 6. The van der Waals surface area contributed by atoms with Crippen molar-refractivity contribution in [1.82, 2.24) is 15.1 Å². The Kier molecular flexibility index (Phi) is 10.9. The number of rotatable bonds is 11. The zero-order valence-corrected chi connectivity index (χ0v) is 22.7.